The average Bonchev–Trinajstić information content (AvgIpc) is 2.61. The van der Waals surface area contributed by atoms with E-state index in [1.54, 1.807) is 25.6 Å². The Morgan fingerprint density at radius 3 is 2.67 bits per heavy atom. The highest BCUT2D eigenvalue weighted by Crippen LogP contribution is 2.30. The molecule has 0 N–H and O–H groups in total. The third kappa shape index (κ3) is 3.12. The van der Waals surface area contributed by atoms with E-state index < -0.39 is 0 Å². The molecule has 0 amide bonds. The third-order valence-electron chi connectivity index (χ3n) is 1.69. The number of benzene rings is 1. The fraction of sp³-hybridized carbons (Fsp3) is 0.182. The summed E-state index contributed by atoms with van der Waals surface area (Å²) in [6.45, 7) is 0. The highest BCUT2D eigenvalue weighted by atomic mass is 79.9. The third-order valence-corrected chi connectivity index (χ3v) is 3.59. The largest absolute Gasteiger partial charge is 0.388 e. The van der Waals surface area contributed by atoms with Crippen LogP contribution in [0.1, 0.15) is 10.4 Å². The van der Waals surface area contributed by atoms with Gasteiger partial charge in [0.25, 0.3) is 0 Å². The quantitative estimate of drug-likeness (QED) is 0.747. The normalized spacial score (nSPS) is 9.53. The lowest BCUT2D eigenvalue weighted by Crippen LogP contribution is -1.75. The summed E-state index contributed by atoms with van der Waals surface area (Å²) in [7, 11) is 3.25. The van der Waals surface area contributed by atoms with Crippen molar-refractivity contribution in [1.82, 2.24) is 0 Å². The van der Waals surface area contributed by atoms with E-state index in [2.05, 4.69) is 20.7 Å². The minimum atomic E-state index is 0.733. The van der Waals surface area contributed by atoms with E-state index in [1.165, 1.54) is 5.39 Å². The van der Waals surface area contributed by atoms with E-state index in [0.29, 0.717) is 0 Å². The summed E-state index contributed by atoms with van der Waals surface area (Å²) in [6.07, 6.45) is 0.868. The maximum atomic E-state index is 10.4. The van der Waals surface area contributed by atoms with E-state index in [4.69, 9.17) is 0 Å². The van der Waals surface area contributed by atoms with Gasteiger partial charge in [-0.05, 0) is 22.0 Å². The first kappa shape index (κ1) is 12.4. The molecule has 0 bridgehead atoms. The van der Waals surface area contributed by atoms with Gasteiger partial charge in [-0.2, -0.15) is 0 Å². The van der Waals surface area contributed by atoms with Crippen LogP contribution in [0.3, 0.4) is 0 Å². The number of carbonyl (C=O) groups is 1. The van der Waals surface area contributed by atoms with E-state index >= 15 is 0 Å². The number of aldehydes is 1. The van der Waals surface area contributed by atoms with Crippen LogP contribution in [-0.4, -0.2) is 20.5 Å². The lowest BCUT2D eigenvalue weighted by atomic mass is 10.2. The van der Waals surface area contributed by atoms with Crippen molar-refractivity contribution in [2.45, 2.75) is 0 Å². The second-order valence-corrected chi connectivity index (χ2v) is 4.63. The van der Waals surface area contributed by atoms with Gasteiger partial charge in [0.1, 0.15) is 6.29 Å². The van der Waals surface area contributed by atoms with Crippen LogP contribution in [0.25, 0.3) is 10.1 Å². The van der Waals surface area contributed by atoms with Crippen LogP contribution >= 0.6 is 27.3 Å². The van der Waals surface area contributed by atoms with Gasteiger partial charge in [0.15, 0.2) is 0 Å². The zero-order chi connectivity index (χ0) is 11.3. The van der Waals surface area contributed by atoms with Gasteiger partial charge in [0.2, 0.25) is 0 Å². The Morgan fingerprint density at radius 1 is 1.40 bits per heavy atom. The van der Waals surface area contributed by atoms with Gasteiger partial charge in [0.05, 0.1) is 0 Å². The van der Waals surface area contributed by atoms with Crippen molar-refractivity contribution in [3.8, 4) is 0 Å². The second kappa shape index (κ2) is 6.00. The number of rotatable bonds is 1. The summed E-state index contributed by atoms with van der Waals surface area (Å²) in [4.78, 5) is 10.4. The molecule has 0 radical (unpaired) electrons. The van der Waals surface area contributed by atoms with Crippen molar-refractivity contribution in [2.75, 3.05) is 14.2 Å². The van der Waals surface area contributed by atoms with Crippen molar-refractivity contribution < 1.29 is 9.53 Å². The number of methoxy groups -OCH3 is 1. The van der Waals surface area contributed by atoms with Crippen molar-refractivity contribution in [1.29, 1.82) is 0 Å². The van der Waals surface area contributed by atoms with E-state index in [9.17, 15) is 4.79 Å². The predicted octanol–water partition coefficient (Wildman–Crippen LogP) is 3.74. The van der Waals surface area contributed by atoms with Crippen LogP contribution < -0.4 is 0 Å². The summed E-state index contributed by atoms with van der Waals surface area (Å²) >= 11 is 5.07. The number of hydrogen-bond acceptors (Lipinski definition) is 3. The zero-order valence-corrected chi connectivity index (χ0v) is 10.9. The van der Waals surface area contributed by atoms with Crippen LogP contribution in [0.2, 0.25) is 0 Å². The summed E-state index contributed by atoms with van der Waals surface area (Å²) < 4.78 is 6.49. The van der Waals surface area contributed by atoms with Gasteiger partial charge in [-0.3, -0.25) is 4.79 Å². The Bertz CT molecular complexity index is 451. The standard InChI is InChI=1S/C9H5BrOS.C2H6O/c10-8-5-12-9-3-6(4-11)1-2-7(8)9;1-3-2/h1-5H;1-2H3. The summed E-state index contributed by atoms with van der Waals surface area (Å²) in [5.41, 5.74) is 0.733. The minimum Gasteiger partial charge on any atom is -0.388 e. The molecule has 1 heterocycles. The highest BCUT2D eigenvalue weighted by molar-refractivity contribution is 9.10. The van der Waals surface area contributed by atoms with Crippen molar-refractivity contribution in [2.24, 2.45) is 0 Å². The summed E-state index contributed by atoms with van der Waals surface area (Å²) in [5, 5.41) is 3.20. The molecule has 2 rings (SSSR count). The molecule has 0 saturated heterocycles. The molecule has 4 heteroatoms. The molecule has 0 unspecified atom stereocenters. The predicted molar refractivity (Wildman–Crippen MR) is 67.8 cm³/mol. The van der Waals surface area contributed by atoms with Crippen molar-refractivity contribution >= 4 is 43.6 Å². The number of carbonyl (C=O) groups excluding carboxylic acids is 1. The van der Waals surface area contributed by atoms with Crippen molar-refractivity contribution in [3.05, 3.63) is 33.6 Å². The molecule has 0 aliphatic heterocycles. The molecule has 80 valence electrons. The molecule has 0 aliphatic rings. The summed E-state index contributed by atoms with van der Waals surface area (Å²) in [5.74, 6) is 0. The lowest BCUT2D eigenvalue weighted by molar-refractivity contribution is 0.112. The molecule has 0 fully saturated rings. The Balaban J connectivity index is 0.000000337. The molecular formula is C11H11BrO2S. The van der Waals surface area contributed by atoms with Crippen LogP contribution in [-0.2, 0) is 4.74 Å². The maximum absolute atomic E-state index is 10.4. The SMILES string of the molecule is COC.O=Cc1ccc2c(Br)csc2c1. The first-order valence-corrected chi connectivity index (χ1v) is 5.92. The number of fused-ring (bicyclic) bond motifs is 1. The molecule has 15 heavy (non-hydrogen) atoms. The number of halogens is 1. The number of hydrogen-bond donors (Lipinski definition) is 0. The average molecular weight is 287 g/mol. The molecule has 2 aromatic rings. The Morgan fingerprint density at radius 2 is 2.07 bits per heavy atom. The van der Waals surface area contributed by atoms with E-state index in [0.717, 1.165) is 21.0 Å². The minimum absolute atomic E-state index is 0.733. The molecule has 1 aromatic carbocycles. The molecular weight excluding hydrogens is 276 g/mol. The van der Waals surface area contributed by atoms with E-state index in [1.807, 2.05) is 23.6 Å². The van der Waals surface area contributed by atoms with Gasteiger partial charge in [-0.25, -0.2) is 0 Å². The Kier molecular flexibility index (Phi) is 4.94. The van der Waals surface area contributed by atoms with Gasteiger partial charge in [-0.15, -0.1) is 11.3 Å². The van der Waals surface area contributed by atoms with Gasteiger partial charge in [-0.1, -0.05) is 12.1 Å². The molecule has 2 nitrogen and oxygen atoms in total. The molecule has 0 saturated carbocycles. The lowest BCUT2D eigenvalue weighted by Gasteiger charge is -1.91. The topological polar surface area (TPSA) is 26.3 Å². The van der Waals surface area contributed by atoms with Crippen LogP contribution in [0.15, 0.2) is 28.1 Å². The first-order chi connectivity index (χ1) is 7.22. The van der Waals surface area contributed by atoms with E-state index in [-0.39, 0.29) is 0 Å². The van der Waals surface area contributed by atoms with Gasteiger partial charge >= 0.3 is 0 Å². The second-order valence-electron chi connectivity index (χ2n) is 2.87. The zero-order valence-electron chi connectivity index (χ0n) is 8.49. The van der Waals surface area contributed by atoms with Gasteiger partial charge < -0.3 is 4.74 Å². The Hall–Kier alpha value is -0.710. The summed E-state index contributed by atoms with van der Waals surface area (Å²) in [6, 6.07) is 5.68. The van der Waals surface area contributed by atoms with Crippen LogP contribution in [0, 0.1) is 0 Å². The molecule has 0 aliphatic carbocycles. The monoisotopic (exact) mass is 286 g/mol. The Labute approximate surface area is 101 Å². The first-order valence-electron chi connectivity index (χ1n) is 4.25. The maximum Gasteiger partial charge on any atom is 0.150 e. The number of thiophene rings is 1. The molecule has 0 spiro atoms. The number of ether oxygens (including phenoxy) is 1. The molecule has 0 atom stereocenters. The molecule has 1 aromatic heterocycles. The van der Waals surface area contributed by atoms with Gasteiger partial charge in [0, 0.05) is 39.7 Å². The van der Waals surface area contributed by atoms with Crippen molar-refractivity contribution in [3.63, 3.8) is 0 Å². The smallest absolute Gasteiger partial charge is 0.150 e. The fourth-order valence-electron chi connectivity index (χ4n) is 1.09. The fourth-order valence-corrected chi connectivity index (χ4v) is 2.71. The van der Waals surface area contributed by atoms with Crippen LogP contribution in [0.5, 0.6) is 0 Å². The van der Waals surface area contributed by atoms with Crippen LogP contribution in [0.4, 0.5) is 0 Å². The highest BCUT2D eigenvalue weighted by Gasteiger charge is 2.00.